The largest absolute Gasteiger partial charge is 0.378 e. The molecule has 1 amide bonds. The van der Waals surface area contributed by atoms with Crippen molar-refractivity contribution < 1.29 is 9.53 Å². The number of fused-ring (bicyclic) bond motifs is 1. The molecule has 1 fully saturated rings. The van der Waals surface area contributed by atoms with E-state index in [1.807, 2.05) is 24.3 Å². The lowest BCUT2D eigenvalue weighted by molar-refractivity contribution is -0.120. The fourth-order valence-electron chi connectivity index (χ4n) is 2.10. The Kier molecular flexibility index (Phi) is 1.73. The maximum atomic E-state index is 11.9. The van der Waals surface area contributed by atoms with Crippen molar-refractivity contribution in [2.75, 3.05) is 23.8 Å². The molecule has 1 saturated heterocycles. The summed E-state index contributed by atoms with van der Waals surface area (Å²) in [5.74, 6) is 0.0127. The van der Waals surface area contributed by atoms with Crippen molar-refractivity contribution in [1.82, 2.24) is 0 Å². The van der Waals surface area contributed by atoms with Crippen molar-refractivity contribution >= 4 is 17.3 Å². The SMILES string of the molecule is O=C1Nc2ccccc2NC12CCOC2. The average molecular weight is 204 g/mol. The van der Waals surface area contributed by atoms with E-state index in [-0.39, 0.29) is 5.91 Å². The Labute approximate surface area is 87.6 Å². The van der Waals surface area contributed by atoms with E-state index in [9.17, 15) is 4.79 Å². The second-order valence-electron chi connectivity index (χ2n) is 4.01. The molecule has 1 atom stereocenters. The summed E-state index contributed by atoms with van der Waals surface area (Å²) in [5.41, 5.74) is 1.27. The van der Waals surface area contributed by atoms with E-state index in [4.69, 9.17) is 4.74 Å². The first-order valence-corrected chi connectivity index (χ1v) is 5.07. The number of ether oxygens (including phenoxy) is 1. The van der Waals surface area contributed by atoms with Crippen LogP contribution in [0.1, 0.15) is 6.42 Å². The van der Waals surface area contributed by atoms with Gasteiger partial charge in [-0.1, -0.05) is 12.1 Å². The van der Waals surface area contributed by atoms with Crippen LogP contribution in [0.4, 0.5) is 11.4 Å². The van der Waals surface area contributed by atoms with Gasteiger partial charge in [-0.3, -0.25) is 4.79 Å². The molecule has 2 N–H and O–H groups in total. The summed E-state index contributed by atoms with van der Waals surface area (Å²) >= 11 is 0. The van der Waals surface area contributed by atoms with Crippen LogP contribution in [0.3, 0.4) is 0 Å². The van der Waals surface area contributed by atoms with Crippen molar-refractivity contribution in [3.63, 3.8) is 0 Å². The van der Waals surface area contributed by atoms with E-state index in [1.54, 1.807) is 0 Å². The van der Waals surface area contributed by atoms with Crippen LogP contribution < -0.4 is 10.6 Å². The molecule has 2 aliphatic heterocycles. The Hall–Kier alpha value is -1.55. The zero-order valence-corrected chi connectivity index (χ0v) is 8.25. The monoisotopic (exact) mass is 204 g/mol. The van der Waals surface area contributed by atoms with Gasteiger partial charge in [-0.05, 0) is 12.1 Å². The third-order valence-corrected chi connectivity index (χ3v) is 3.01. The molecule has 2 heterocycles. The van der Waals surface area contributed by atoms with Gasteiger partial charge in [0.25, 0.3) is 5.91 Å². The minimum Gasteiger partial charge on any atom is -0.378 e. The number of hydrogen-bond donors (Lipinski definition) is 2. The maximum Gasteiger partial charge on any atom is 0.252 e. The zero-order valence-electron chi connectivity index (χ0n) is 8.25. The number of anilines is 2. The molecule has 15 heavy (non-hydrogen) atoms. The van der Waals surface area contributed by atoms with Crippen LogP contribution in [0.15, 0.2) is 24.3 Å². The molecule has 4 heteroatoms. The average Bonchev–Trinajstić information content (AvgIpc) is 2.70. The Bertz CT molecular complexity index is 411. The number of rotatable bonds is 0. The molecule has 4 nitrogen and oxygen atoms in total. The number of carbonyl (C=O) groups is 1. The molecular weight excluding hydrogens is 192 g/mol. The molecule has 0 radical (unpaired) electrons. The minimum absolute atomic E-state index is 0.0127. The molecule has 1 unspecified atom stereocenters. The first kappa shape index (κ1) is 8.73. The molecule has 0 aromatic heterocycles. The van der Waals surface area contributed by atoms with E-state index in [1.165, 1.54) is 0 Å². The van der Waals surface area contributed by atoms with Gasteiger partial charge in [0, 0.05) is 13.0 Å². The third-order valence-electron chi connectivity index (χ3n) is 3.01. The van der Waals surface area contributed by atoms with Gasteiger partial charge in [-0.15, -0.1) is 0 Å². The quantitative estimate of drug-likeness (QED) is 0.667. The summed E-state index contributed by atoms with van der Waals surface area (Å²) in [6.07, 6.45) is 0.729. The lowest BCUT2D eigenvalue weighted by atomic mass is 9.94. The molecule has 1 aromatic carbocycles. The number of amides is 1. The molecule has 3 rings (SSSR count). The highest BCUT2D eigenvalue weighted by Crippen LogP contribution is 2.34. The van der Waals surface area contributed by atoms with Crippen molar-refractivity contribution in [3.05, 3.63) is 24.3 Å². The number of nitrogens with one attached hydrogen (secondary N) is 2. The van der Waals surface area contributed by atoms with Crippen molar-refractivity contribution in [2.45, 2.75) is 12.0 Å². The highest BCUT2D eigenvalue weighted by atomic mass is 16.5. The van der Waals surface area contributed by atoms with Crippen molar-refractivity contribution in [3.8, 4) is 0 Å². The van der Waals surface area contributed by atoms with Crippen LogP contribution in [0, 0.1) is 0 Å². The van der Waals surface area contributed by atoms with Crippen LogP contribution in [0.2, 0.25) is 0 Å². The predicted molar refractivity (Wildman–Crippen MR) is 56.9 cm³/mol. The Morgan fingerprint density at radius 2 is 2.07 bits per heavy atom. The van der Waals surface area contributed by atoms with Crippen molar-refractivity contribution in [2.24, 2.45) is 0 Å². The summed E-state index contributed by atoms with van der Waals surface area (Å²) in [6, 6.07) is 7.72. The van der Waals surface area contributed by atoms with Crippen LogP contribution in [0.5, 0.6) is 0 Å². The first-order chi connectivity index (χ1) is 7.30. The maximum absolute atomic E-state index is 11.9. The number of carbonyl (C=O) groups excluding carboxylic acids is 1. The second-order valence-corrected chi connectivity index (χ2v) is 4.01. The lowest BCUT2D eigenvalue weighted by Crippen LogP contribution is -2.53. The van der Waals surface area contributed by atoms with Crippen LogP contribution >= 0.6 is 0 Å². The standard InChI is InChI=1S/C11H12N2O2/c14-10-11(5-6-15-7-11)13-9-4-2-1-3-8(9)12-10/h1-4,13H,5-7H2,(H,12,14). The Morgan fingerprint density at radius 3 is 2.80 bits per heavy atom. The summed E-state index contributed by atoms with van der Waals surface area (Å²) in [5, 5.41) is 6.20. The lowest BCUT2D eigenvalue weighted by Gasteiger charge is -2.34. The van der Waals surface area contributed by atoms with Gasteiger partial charge in [0.2, 0.25) is 0 Å². The van der Waals surface area contributed by atoms with E-state index < -0.39 is 5.54 Å². The number of benzene rings is 1. The van der Waals surface area contributed by atoms with Crippen LogP contribution in [-0.4, -0.2) is 24.7 Å². The molecule has 2 aliphatic rings. The molecule has 78 valence electrons. The van der Waals surface area contributed by atoms with Gasteiger partial charge < -0.3 is 15.4 Å². The minimum atomic E-state index is -0.547. The van der Waals surface area contributed by atoms with Gasteiger partial charge in [-0.25, -0.2) is 0 Å². The predicted octanol–water partition coefficient (Wildman–Crippen LogP) is 1.21. The summed E-state index contributed by atoms with van der Waals surface area (Å²) in [6.45, 7) is 1.09. The second kappa shape index (κ2) is 2.97. The normalized spacial score (nSPS) is 28.4. The molecule has 1 spiro atoms. The highest BCUT2D eigenvalue weighted by Gasteiger charge is 2.45. The van der Waals surface area contributed by atoms with Crippen molar-refractivity contribution in [1.29, 1.82) is 0 Å². The number of para-hydroxylation sites is 2. The fraction of sp³-hybridized carbons (Fsp3) is 0.364. The van der Waals surface area contributed by atoms with E-state index in [0.29, 0.717) is 13.2 Å². The smallest absolute Gasteiger partial charge is 0.252 e. The van der Waals surface area contributed by atoms with E-state index >= 15 is 0 Å². The summed E-state index contributed by atoms with van der Waals surface area (Å²) < 4.78 is 5.30. The molecule has 1 aromatic rings. The van der Waals surface area contributed by atoms with Gasteiger partial charge in [0.05, 0.1) is 18.0 Å². The topological polar surface area (TPSA) is 50.4 Å². The van der Waals surface area contributed by atoms with Crippen LogP contribution in [-0.2, 0) is 9.53 Å². The summed E-state index contributed by atoms with van der Waals surface area (Å²) in [4.78, 5) is 11.9. The van der Waals surface area contributed by atoms with E-state index in [0.717, 1.165) is 17.8 Å². The number of hydrogen-bond acceptors (Lipinski definition) is 3. The van der Waals surface area contributed by atoms with E-state index in [2.05, 4.69) is 10.6 Å². The molecule has 0 saturated carbocycles. The molecule has 0 bridgehead atoms. The molecule has 0 aliphatic carbocycles. The zero-order chi connectivity index (χ0) is 10.3. The third kappa shape index (κ3) is 1.22. The molecular formula is C11H12N2O2. The fourth-order valence-corrected chi connectivity index (χ4v) is 2.10. The van der Waals surface area contributed by atoms with Gasteiger partial charge in [-0.2, -0.15) is 0 Å². The van der Waals surface area contributed by atoms with Crippen LogP contribution in [0.25, 0.3) is 0 Å². The summed E-state index contributed by atoms with van der Waals surface area (Å²) in [7, 11) is 0. The Morgan fingerprint density at radius 1 is 1.27 bits per heavy atom. The Balaban J connectivity index is 2.02. The highest BCUT2D eigenvalue weighted by molar-refractivity contribution is 6.06. The first-order valence-electron chi connectivity index (χ1n) is 5.07. The van der Waals surface area contributed by atoms with Gasteiger partial charge in [0.1, 0.15) is 5.54 Å². The van der Waals surface area contributed by atoms with Gasteiger partial charge >= 0.3 is 0 Å². The van der Waals surface area contributed by atoms with Gasteiger partial charge in [0.15, 0.2) is 0 Å².